The number of aromatic nitrogens is 3. The summed E-state index contributed by atoms with van der Waals surface area (Å²) in [5.41, 5.74) is 2.23. The van der Waals surface area contributed by atoms with Crippen LogP contribution < -0.4 is 15.4 Å². The second-order valence-corrected chi connectivity index (χ2v) is 7.52. The molecule has 29 heavy (non-hydrogen) atoms. The van der Waals surface area contributed by atoms with Crippen LogP contribution in [-0.4, -0.2) is 33.3 Å². The molecular formula is C20H23FN6O2. The number of hydrogen-bond acceptors (Lipinski definition) is 7. The summed E-state index contributed by atoms with van der Waals surface area (Å²) in [6.45, 7) is 7.51. The molecule has 2 N–H and O–H groups in total. The van der Waals surface area contributed by atoms with Gasteiger partial charge in [0.1, 0.15) is 17.4 Å². The van der Waals surface area contributed by atoms with E-state index in [1.54, 1.807) is 24.0 Å². The zero-order valence-electron chi connectivity index (χ0n) is 16.9. The predicted molar refractivity (Wildman–Crippen MR) is 108 cm³/mol. The fourth-order valence-electron chi connectivity index (χ4n) is 3.38. The molecule has 0 radical (unpaired) electrons. The first-order valence-corrected chi connectivity index (χ1v) is 9.27. The molecule has 152 valence electrons. The molecule has 2 aromatic heterocycles. The van der Waals surface area contributed by atoms with Crippen molar-refractivity contribution in [1.82, 2.24) is 19.9 Å². The predicted octanol–water partition coefficient (Wildman–Crippen LogP) is 3.38. The number of anilines is 1. The summed E-state index contributed by atoms with van der Waals surface area (Å²) in [6, 6.07) is 4.51. The first-order valence-electron chi connectivity index (χ1n) is 9.27. The number of methoxy groups -OCH3 is 1. The molecule has 1 unspecified atom stereocenters. The zero-order valence-corrected chi connectivity index (χ0v) is 16.9. The Morgan fingerprint density at radius 2 is 2.14 bits per heavy atom. The maximum absolute atomic E-state index is 14.0. The fraction of sp³-hybridized carbons (Fsp3) is 0.350. The highest BCUT2D eigenvalue weighted by atomic mass is 19.1. The standard InChI is InChI=1S/C20H23FN6O2/c1-11-8-13(21)9-14(17(11)28-5)12(2)23-16-6-7-27-19(24-16)15(10-22-27)18-25-20(3,4)29-26-18/h6-10,12H,1-5H3,(H,23,24)(H,25,26). The van der Waals surface area contributed by atoms with Crippen molar-refractivity contribution in [3.8, 4) is 5.75 Å². The van der Waals surface area contributed by atoms with Crippen molar-refractivity contribution in [3.63, 3.8) is 0 Å². The lowest BCUT2D eigenvalue weighted by molar-refractivity contribution is -0.00234. The van der Waals surface area contributed by atoms with Gasteiger partial charge in [-0.05, 0) is 51.5 Å². The Morgan fingerprint density at radius 1 is 1.34 bits per heavy atom. The molecule has 0 aliphatic carbocycles. The summed E-state index contributed by atoms with van der Waals surface area (Å²) in [5.74, 6) is 1.54. The number of fused-ring (bicyclic) bond motifs is 1. The summed E-state index contributed by atoms with van der Waals surface area (Å²) in [5, 5.41) is 14.9. The van der Waals surface area contributed by atoms with Crippen molar-refractivity contribution in [2.75, 3.05) is 12.4 Å². The number of rotatable bonds is 5. The van der Waals surface area contributed by atoms with Gasteiger partial charge in [0.15, 0.2) is 11.5 Å². The molecule has 1 aliphatic rings. The summed E-state index contributed by atoms with van der Waals surface area (Å²) < 4.78 is 21.1. The van der Waals surface area contributed by atoms with Gasteiger partial charge in [0.2, 0.25) is 5.72 Å². The van der Waals surface area contributed by atoms with Crippen molar-refractivity contribution in [2.45, 2.75) is 39.5 Å². The van der Waals surface area contributed by atoms with Crippen molar-refractivity contribution < 1.29 is 14.0 Å². The topological polar surface area (TPSA) is 85.1 Å². The Hall–Kier alpha value is -3.36. The molecule has 3 aromatic rings. The fourth-order valence-corrected chi connectivity index (χ4v) is 3.38. The molecule has 0 spiro atoms. The van der Waals surface area contributed by atoms with E-state index < -0.39 is 5.72 Å². The number of halogens is 1. The van der Waals surface area contributed by atoms with E-state index in [2.05, 4.69) is 25.9 Å². The van der Waals surface area contributed by atoms with E-state index in [4.69, 9.17) is 9.57 Å². The van der Waals surface area contributed by atoms with Gasteiger partial charge in [-0.1, -0.05) is 5.16 Å². The molecular weight excluding hydrogens is 375 g/mol. The zero-order chi connectivity index (χ0) is 20.8. The number of aryl methyl sites for hydroxylation is 1. The van der Waals surface area contributed by atoms with Gasteiger partial charge in [-0.25, -0.2) is 13.9 Å². The van der Waals surface area contributed by atoms with Crippen molar-refractivity contribution in [2.24, 2.45) is 5.16 Å². The van der Waals surface area contributed by atoms with E-state index in [-0.39, 0.29) is 11.9 Å². The third-order valence-corrected chi connectivity index (χ3v) is 4.71. The number of oxime groups is 1. The molecule has 0 saturated carbocycles. The van der Waals surface area contributed by atoms with Crippen LogP contribution in [0.2, 0.25) is 0 Å². The first kappa shape index (κ1) is 19.0. The van der Waals surface area contributed by atoms with E-state index in [9.17, 15) is 4.39 Å². The molecule has 1 aromatic carbocycles. The molecule has 4 rings (SSSR count). The average molecular weight is 398 g/mol. The van der Waals surface area contributed by atoms with Crippen LogP contribution in [0.5, 0.6) is 5.75 Å². The lowest BCUT2D eigenvalue weighted by atomic mass is 10.0. The minimum Gasteiger partial charge on any atom is -0.496 e. The first-order chi connectivity index (χ1) is 13.8. The Balaban J connectivity index is 1.65. The number of ether oxygens (including phenoxy) is 1. The molecule has 0 saturated heterocycles. The quantitative estimate of drug-likeness (QED) is 0.685. The Morgan fingerprint density at radius 3 is 2.83 bits per heavy atom. The number of amidine groups is 1. The summed E-state index contributed by atoms with van der Waals surface area (Å²) in [6.07, 6.45) is 3.49. The van der Waals surface area contributed by atoms with Crippen LogP contribution in [-0.2, 0) is 4.84 Å². The smallest absolute Gasteiger partial charge is 0.203 e. The summed E-state index contributed by atoms with van der Waals surface area (Å²) in [7, 11) is 1.58. The molecule has 1 atom stereocenters. The van der Waals surface area contributed by atoms with E-state index >= 15 is 0 Å². The van der Waals surface area contributed by atoms with Gasteiger partial charge < -0.3 is 20.2 Å². The van der Waals surface area contributed by atoms with Gasteiger partial charge in [0.25, 0.3) is 0 Å². The van der Waals surface area contributed by atoms with Crippen LogP contribution in [0.15, 0.2) is 35.7 Å². The lowest BCUT2D eigenvalue weighted by Crippen LogP contribution is -2.38. The SMILES string of the molecule is COc1c(C)cc(F)cc1C(C)Nc1ccn2ncc(C3=NOC(C)(C)N3)c2n1. The van der Waals surface area contributed by atoms with E-state index in [1.807, 2.05) is 33.8 Å². The molecule has 8 nitrogen and oxygen atoms in total. The van der Waals surface area contributed by atoms with Gasteiger partial charge in [0, 0.05) is 11.8 Å². The molecule has 3 heterocycles. The summed E-state index contributed by atoms with van der Waals surface area (Å²) >= 11 is 0. The minimum absolute atomic E-state index is 0.232. The molecule has 9 heteroatoms. The minimum atomic E-state index is -0.584. The highest BCUT2D eigenvalue weighted by Gasteiger charge is 2.30. The van der Waals surface area contributed by atoms with Crippen LogP contribution in [0.3, 0.4) is 0 Å². The van der Waals surface area contributed by atoms with Crippen molar-refractivity contribution in [3.05, 3.63) is 53.1 Å². The van der Waals surface area contributed by atoms with Crippen LogP contribution in [0.1, 0.15) is 43.5 Å². The third kappa shape index (κ3) is 3.55. The van der Waals surface area contributed by atoms with Crippen LogP contribution in [0.4, 0.5) is 10.2 Å². The normalized spacial score (nSPS) is 16.1. The highest BCUT2D eigenvalue weighted by Crippen LogP contribution is 2.31. The highest BCUT2D eigenvalue weighted by molar-refractivity contribution is 6.04. The van der Waals surface area contributed by atoms with Crippen LogP contribution in [0.25, 0.3) is 5.65 Å². The van der Waals surface area contributed by atoms with Crippen LogP contribution in [0, 0.1) is 12.7 Å². The van der Waals surface area contributed by atoms with E-state index in [1.165, 1.54) is 12.1 Å². The average Bonchev–Trinajstić information content (AvgIpc) is 3.23. The molecule has 0 amide bonds. The number of nitrogens with zero attached hydrogens (tertiary/aromatic N) is 4. The molecule has 0 bridgehead atoms. The number of nitrogens with one attached hydrogen (secondary N) is 2. The van der Waals surface area contributed by atoms with Gasteiger partial charge in [-0.15, -0.1) is 0 Å². The second-order valence-electron chi connectivity index (χ2n) is 7.52. The van der Waals surface area contributed by atoms with Crippen LogP contribution >= 0.6 is 0 Å². The third-order valence-electron chi connectivity index (χ3n) is 4.71. The lowest BCUT2D eigenvalue weighted by Gasteiger charge is -2.19. The largest absolute Gasteiger partial charge is 0.496 e. The number of benzene rings is 1. The van der Waals surface area contributed by atoms with Gasteiger partial charge in [-0.3, -0.25) is 0 Å². The maximum Gasteiger partial charge on any atom is 0.203 e. The monoisotopic (exact) mass is 398 g/mol. The van der Waals surface area contributed by atoms with Gasteiger partial charge >= 0.3 is 0 Å². The van der Waals surface area contributed by atoms with Crippen molar-refractivity contribution in [1.29, 1.82) is 0 Å². The van der Waals surface area contributed by atoms with E-state index in [0.29, 0.717) is 23.1 Å². The van der Waals surface area contributed by atoms with Gasteiger partial charge in [0.05, 0.1) is 24.9 Å². The Kier molecular flexibility index (Phi) is 4.52. The van der Waals surface area contributed by atoms with Crippen molar-refractivity contribution >= 4 is 17.3 Å². The molecule has 1 aliphatic heterocycles. The van der Waals surface area contributed by atoms with E-state index in [0.717, 1.165) is 16.7 Å². The maximum atomic E-state index is 14.0. The summed E-state index contributed by atoms with van der Waals surface area (Å²) in [4.78, 5) is 10.0. The second kappa shape index (κ2) is 6.91. The Labute approximate surface area is 167 Å². The molecule has 0 fully saturated rings. The van der Waals surface area contributed by atoms with Gasteiger partial charge in [-0.2, -0.15) is 5.10 Å². The Bertz CT molecular complexity index is 1110. The number of hydrogen-bond donors (Lipinski definition) is 2.